The number of methoxy groups -OCH3 is 1. The normalized spacial score (nSPS) is 10.3. The van der Waals surface area contributed by atoms with Crippen LogP contribution in [-0.4, -0.2) is 26.3 Å². The van der Waals surface area contributed by atoms with Crippen molar-refractivity contribution in [2.24, 2.45) is 0 Å². The molecule has 0 aliphatic heterocycles. The second-order valence-corrected chi connectivity index (χ2v) is 5.46. The molecular formula is C19H23FN2O3. The summed E-state index contributed by atoms with van der Waals surface area (Å²) in [7, 11) is 1.66. The number of halogens is 1. The van der Waals surface area contributed by atoms with Gasteiger partial charge in [-0.1, -0.05) is 24.3 Å². The number of benzene rings is 2. The fourth-order valence-corrected chi connectivity index (χ4v) is 2.23. The van der Waals surface area contributed by atoms with Crippen molar-refractivity contribution in [2.75, 3.05) is 25.6 Å². The van der Waals surface area contributed by atoms with E-state index in [1.54, 1.807) is 25.3 Å². The Balaban J connectivity index is 1.91. The van der Waals surface area contributed by atoms with Crippen LogP contribution in [0.2, 0.25) is 0 Å². The van der Waals surface area contributed by atoms with E-state index < -0.39 is 11.8 Å². The Morgan fingerprint density at radius 1 is 1.04 bits per heavy atom. The molecule has 25 heavy (non-hydrogen) atoms. The molecule has 0 aliphatic rings. The molecule has 0 radical (unpaired) electrons. The summed E-state index contributed by atoms with van der Waals surface area (Å²) in [6.45, 7) is 1.22. The number of amides is 2. The van der Waals surface area contributed by atoms with Crippen LogP contribution in [0.1, 0.15) is 19.3 Å². The molecule has 0 unspecified atom stereocenters. The average Bonchev–Trinajstić information content (AvgIpc) is 2.62. The number of carbonyl (C=O) groups excluding carboxylic acids is 1. The molecule has 0 spiro atoms. The number of ether oxygens (including phenoxy) is 2. The second kappa shape index (κ2) is 10.3. The van der Waals surface area contributed by atoms with Crippen LogP contribution < -0.4 is 15.4 Å². The van der Waals surface area contributed by atoms with E-state index in [0.29, 0.717) is 18.9 Å². The molecule has 2 aromatic carbocycles. The van der Waals surface area contributed by atoms with Crippen LogP contribution in [0.3, 0.4) is 0 Å². The van der Waals surface area contributed by atoms with Gasteiger partial charge in [-0.15, -0.1) is 0 Å². The lowest BCUT2D eigenvalue weighted by Crippen LogP contribution is -2.30. The van der Waals surface area contributed by atoms with Gasteiger partial charge in [0.05, 0.1) is 0 Å². The van der Waals surface area contributed by atoms with Crippen molar-refractivity contribution in [1.29, 1.82) is 0 Å². The maximum Gasteiger partial charge on any atom is 0.319 e. The van der Waals surface area contributed by atoms with E-state index in [-0.39, 0.29) is 11.4 Å². The van der Waals surface area contributed by atoms with Crippen molar-refractivity contribution in [3.05, 3.63) is 54.3 Å². The van der Waals surface area contributed by atoms with Gasteiger partial charge in [-0.05, 0) is 43.5 Å². The van der Waals surface area contributed by atoms with Crippen LogP contribution >= 0.6 is 0 Å². The lowest BCUT2D eigenvalue weighted by atomic mass is 10.2. The summed E-state index contributed by atoms with van der Waals surface area (Å²) in [6, 6.07) is 13.0. The highest BCUT2D eigenvalue weighted by atomic mass is 19.1. The highest BCUT2D eigenvalue weighted by molar-refractivity contribution is 5.91. The molecular weight excluding hydrogens is 323 g/mol. The molecule has 2 amide bonds. The highest BCUT2D eigenvalue weighted by Crippen LogP contribution is 2.31. The molecule has 5 nitrogen and oxygen atoms in total. The molecule has 2 rings (SSSR count). The van der Waals surface area contributed by atoms with Crippen LogP contribution in [0.4, 0.5) is 14.9 Å². The number of para-hydroxylation sites is 2. The van der Waals surface area contributed by atoms with Crippen molar-refractivity contribution in [1.82, 2.24) is 5.32 Å². The fourth-order valence-electron chi connectivity index (χ4n) is 2.23. The largest absolute Gasteiger partial charge is 0.455 e. The first-order valence-corrected chi connectivity index (χ1v) is 8.26. The Morgan fingerprint density at radius 3 is 2.60 bits per heavy atom. The summed E-state index contributed by atoms with van der Waals surface area (Å²) in [6.07, 6.45) is 2.74. The molecule has 0 saturated carbocycles. The maximum absolute atomic E-state index is 14.1. The zero-order chi connectivity index (χ0) is 17.9. The van der Waals surface area contributed by atoms with Crippen molar-refractivity contribution in [3.63, 3.8) is 0 Å². The Bertz CT molecular complexity index is 665. The van der Waals surface area contributed by atoms with Gasteiger partial charge in [-0.3, -0.25) is 0 Å². The standard InChI is InChI=1S/C19H23FN2O3/c1-24-14-7-3-6-13-21-19(23)22-18-16(20)11-8-12-17(18)25-15-9-4-2-5-10-15/h2,4-5,8-12H,3,6-7,13-14H2,1H3,(H2,21,22,23). The number of hydrogen-bond donors (Lipinski definition) is 2. The summed E-state index contributed by atoms with van der Waals surface area (Å²) in [5.41, 5.74) is 0.0169. The first kappa shape index (κ1) is 18.7. The van der Waals surface area contributed by atoms with Crippen LogP contribution in [-0.2, 0) is 4.74 Å². The molecule has 0 heterocycles. The molecule has 0 fully saturated rings. The van der Waals surface area contributed by atoms with Gasteiger partial charge in [0.25, 0.3) is 0 Å². The summed E-state index contributed by atoms with van der Waals surface area (Å²) in [5, 5.41) is 5.24. The van der Waals surface area contributed by atoms with E-state index in [1.807, 2.05) is 18.2 Å². The van der Waals surface area contributed by atoms with E-state index in [2.05, 4.69) is 10.6 Å². The van der Waals surface area contributed by atoms with Gasteiger partial charge < -0.3 is 20.1 Å². The first-order valence-electron chi connectivity index (χ1n) is 8.26. The molecule has 0 atom stereocenters. The van der Waals surface area contributed by atoms with E-state index in [9.17, 15) is 9.18 Å². The van der Waals surface area contributed by atoms with Crippen molar-refractivity contribution in [3.8, 4) is 11.5 Å². The highest BCUT2D eigenvalue weighted by Gasteiger charge is 2.13. The predicted octanol–water partition coefficient (Wildman–Crippen LogP) is 4.56. The molecule has 6 heteroatoms. The first-order chi connectivity index (χ1) is 12.2. The zero-order valence-electron chi connectivity index (χ0n) is 14.3. The molecule has 0 aliphatic carbocycles. The topological polar surface area (TPSA) is 59.6 Å². The third-order valence-corrected chi connectivity index (χ3v) is 3.50. The van der Waals surface area contributed by atoms with Gasteiger partial charge in [-0.2, -0.15) is 0 Å². The Hall–Kier alpha value is -2.60. The fraction of sp³-hybridized carbons (Fsp3) is 0.316. The molecule has 0 bridgehead atoms. The quantitative estimate of drug-likeness (QED) is 0.655. The zero-order valence-corrected chi connectivity index (χ0v) is 14.3. The van der Waals surface area contributed by atoms with Crippen molar-refractivity contribution in [2.45, 2.75) is 19.3 Å². The van der Waals surface area contributed by atoms with Crippen LogP contribution in [0.5, 0.6) is 11.5 Å². The number of nitrogens with one attached hydrogen (secondary N) is 2. The summed E-state index contributed by atoms with van der Waals surface area (Å²) >= 11 is 0. The Labute approximate surface area is 147 Å². The van der Waals surface area contributed by atoms with Crippen LogP contribution in [0.15, 0.2) is 48.5 Å². The Kier molecular flexibility index (Phi) is 7.72. The van der Waals surface area contributed by atoms with Crippen LogP contribution in [0, 0.1) is 5.82 Å². The number of rotatable bonds is 9. The monoisotopic (exact) mass is 346 g/mol. The molecule has 0 aromatic heterocycles. The number of hydrogen-bond acceptors (Lipinski definition) is 3. The second-order valence-electron chi connectivity index (χ2n) is 5.46. The van der Waals surface area contributed by atoms with Crippen molar-refractivity contribution < 1.29 is 18.7 Å². The lowest BCUT2D eigenvalue weighted by Gasteiger charge is -2.13. The number of anilines is 1. The minimum atomic E-state index is -0.552. The summed E-state index contributed by atoms with van der Waals surface area (Å²) < 4.78 is 24.7. The van der Waals surface area contributed by atoms with Gasteiger partial charge in [-0.25, -0.2) is 9.18 Å². The minimum Gasteiger partial charge on any atom is -0.455 e. The van der Waals surface area contributed by atoms with E-state index in [0.717, 1.165) is 19.3 Å². The third kappa shape index (κ3) is 6.43. The van der Waals surface area contributed by atoms with E-state index >= 15 is 0 Å². The number of unbranched alkanes of at least 4 members (excludes halogenated alkanes) is 2. The van der Waals surface area contributed by atoms with Gasteiger partial charge in [0.1, 0.15) is 11.4 Å². The van der Waals surface area contributed by atoms with Gasteiger partial charge >= 0.3 is 6.03 Å². The Morgan fingerprint density at radius 2 is 1.84 bits per heavy atom. The lowest BCUT2D eigenvalue weighted by molar-refractivity contribution is 0.192. The van der Waals surface area contributed by atoms with E-state index in [4.69, 9.17) is 9.47 Å². The SMILES string of the molecule is COCCCCCNC(=O)Nc1c(F)cccc1Oc1ccccc1. The average molecular weight is 346 g/mol. The third-order valence-electron chi connectivity index (χ3n) is 3.50. The smallest absolute Gasteiger partial charge is 0.319 e. The van der Waals surface area contributed by atoms with Crippen molar-refractivity contribution >= 4 is 11.7 Å². The van der Waals surface area contributed by atoms with Gasteiger partial charge in [0.15, 0.2) is 11.6 Å². The predicted molar refractivity (Wildman–Crippen MR) is 95.7 cm³/mol. The molecule has 0 saturated heterocycles. The number of urea groups is 1. The van der Waals surface area contributed by atoms with Crippen LogP contribution in [0.25, 0.3) is 0 Å². The molecule has 134 valence electrons. The van der Waals surface area contributed by atoms with E-state index in [1.165, 1.54) is 12.1 Å². The van der Waals surface area contributed by atoms with Gasteiger partial charge in [0, 0.05) is 20.3 Å². The van der Waals surface area contributed by atoms with Gasteiger partial charge in [0.2, 0.25) is 0 Å². The molecule has 2 aromatic rings. The number of carbonyl (C=O) groups is 1. The molecule has 2 N–H and O–H groups in total. The maximum atomic E-state index is 14.1. The minimum absolute atomic E-state index is 0.0169. The summed E-state index contributed by atoms with van der Waals surface area (Å²) in [5.74, 6) is 0.264. The summed E-state index contributed by atoms with van der Waals surface area (Å²) in [4.78, 5) is 12.0.